The van der Waals surface area contributed by atoms with E-state index in [1.165, 1.54) is 34.6 Å². The number of hydrogen-bond acceptors (Lipinski definition) is 3. The number of benzene rings is 1. The Morgan fingerprint density at radius 2 is 1.80 bits per heavy atom. The highest BCUT2D eigenvalue weighted by atomic mass is 32.2. The molecular formula is C17H27NS2. The Balaban J connectivity index is 2.11. The summed E-state index contributed by atoms with van der Waals surface area (Å²) in [6, 6.07) is 7.54. The third-order valence-corrected chi connectivity index (χ3v) is 7.41. The smallest absolute Gasteiger partial charge is 0.0323 e. The molecule has 0 bridgehead atoms. The van der Waals surface area contributed by atoms with Gasteiger partial charge >= 0.3 is 0 Å². The van der Waals surface area contributed by atoms with Crippen molar-refractivity contribution in [1.29, 1.82) is 0 Å². The molecule has 0 saturated carbocycles. The molecule has 0 aliphatic carbocycles. The molecule has 0 spiro atoms. The Labute approximate surface area is 132 Å². The van der Waals surface area contributed by atoms with E-state index >= 15 is 0 Å². The first-order chi connectivity index (χ1) is 9.63. The minimum atomic E-state index is 0.582. The fourth-order valence-electron chi connectivity index (χ4n) is 3.13. The number of rotatable bonds is 5. The molecule has 0 amide bonds. The Kier molecular flexibility index (Phi) is 6.31. The maximum absolute atomic E-state index is 3.59. The van der Waals surface area contributed by atoms with Crippen LogP contribution >= 0.6 is 23.5 Å². The van der Waals surface area contributed by atoms with Gasteiger partial charge in [-0.15, -0.1) is 0 Å². The molecular weight excluding hydrogens is 282 g/mol. The quantitative estimate of drug-likeness (QED) is 0.881. The summed E-state index contributed by atoms with van der Waals surface area (Å²) in [4.78, 5) is 0. The summed E-state index contributed by atoms with van der Waals surface area (Å²) in [5.74, 6) is 2.62. The lowest BCUT2D eigenvalue weighted by Gasteiger charge is -2.36. The number of aryl methyl sites for hydroxylation is 2. The summed E-state index contributed by atoms with van der Waals surface area (Å²) in [6.45, 7) is 6.73. The molecule has 3 unspecified atom stereocenters. The molecule has 20 heavy (non-hydrogen) atoms. The van der Waals surface area contributed by atoms with Crippen molar-refractivity contribution in [3.8, 4) is 0 Å². The molecule has 1 nitrogen and oxygen atoms in total. The Bertz CT molecular complexity index is 413. The van der Waals surface area contributed by atoms with Crippen LogP contribution < -0.4 is 5.32 Å². The zero-order valence-corrected chi connectivity index (χ0v) is 14.7. The Morgan fingerprint density at radius 3 is 2.40 bits per heavy atom. The summed E-state index contributed by atoms with van der Waals surface area (Å²) in [7, 11) is 2.12. The van der Waals surface area contributed by atoms with Gasteiger partial charge in [0.15, 0.2) is 0 Å². The van der Waals surface area contributed by atoms with Gasteiger partial charge in [-0.2, -0.15) is 23.5 Å². The van der Waals surface area contributed by atoms with Crippen LogP contribution in [0.3, 0.4) is 0 Å². The van der Waals surface area contributed by atoms with Crippen molar-refractivity contribution >= 4 is 23.5 Å². The molecule has 0 aromatic heterocycles. The largest absolute Gasteiger partial charge is 0.316 e. The van der Waals surface area contributed by atoms with Gasteiger partial charge < -0.3 is 5.32 Å². The molecule has 1 fully saturated rings. The topological polar surface area (TPSA) is 12.0 Å². The monoisotopic (exact) mass is 309 g/mol. The van der Waals surface area contributed by atoms with Crippen molar-refractivity contribution in [3.63, 3.8) is 0 Å². The highest BCUT2D eigenvalue weighted by Crippen LogP contribution is 2.36. The average molecular weight is 310 g/mol. The maximum Gasteiger partial charge on any atom is 0.0323 e. The van der Waals surface area contributed by atoms with E-state index in [0.717, 1.165) is 16.9 Å². The second-order valence-corrected chi connectivity index (χ2v) is 8.38. The molecule has 1 aliphatic rings. The van der Waals surface area contributed by atoms with Crippen molar-refractivity contribution in [2.45, 2.75) is 50.2 Å². The van der Waals surface area contributed by atoms with Gasteiger partial charge in [-0.25, -0.2) is 0 Å². The molecule has 3 atom stereocenters. The van der Waals surface area contributed by atoms with E-state index in [4.69, 9.17) is 0 Å². The highest BCUT2D eigenvalue weighted by Gasteiger charge is 2.31. The first-order valence-electron chi connectivity index (χ1n) is 7.61. The van der Waals surface area contributed by atoms with Crippen LogP contribution in [0.1, 0.15) is 30.0 Å². The van der Waals surface area contributed by atoms with E-state index in [2.05, 4.69) is 74.9 Å². The number of thioether (sulfide) groups is 2. The van der Waals surface area contributed by atoms with Gasteiger partial charge in [-0.05, 0) is 39.3 Å². The third kappa shape index (κ3) is 4.19. The van der Waals surface area contributed by atoms with Crippen LogP contribution in [-0.4, -0.2) is 35.1 Å². The van der Waals surface area contributed by atoms with Gasteiger partial charge in [0.1, 0.15) is 0 Å². The summed E-state index contributed by atoms with van der Waals surface area (Å²) in [6.07, 6.45) is 2.43. The van der Waals surface area contributed by atoms with Crippen LogP contribution in [0.25, 0.3) is 0 Å². The number of likely N-dealkylation sites (N-methyl/N-ethyl adjacent to an activating group) is 1. The van der Waals surface area contributed by atoms with E-state index in [9.17, 15) is 0 Å². The van der Waals surface area contributed by atoms with E-state index in [0.29, 0.717) is 6.04 Å². The zero-order chi connectivity index (χ0) is 14.5. The third-order valence-electron chi connectivity index (χ3n) is 4.00. The van der Waals surface area contributed by atoms with Crippen molar-refractivity contribution in [2.24, 2.45) is 0 Å². The van der Waals surface area contributed by atoms with Crippen LogP contribution in [-0.2, 0) is 6.42 Å². The fourth-order valence-corrected chi connectivity index (χ4v) is 6.44. The van der Waals surface area contributed by atoms with Crippen molar-refractivity contribution in [3.05, 3.63) is 34.9 Å². The maximum atomic E-state index is 3.59. The normalized spacial score (nSPS) is 24.6. The van der Waals surface area contributed by atoms with E-state index in [-0.39, 0.29) is 0 Å². The van der Waals surface area contributed by atoms with Gasteiger partial charge in [0.25, 0.3) is 0 Å². The zero-order valence-electron chi connectivity index (χ0n) is 13.1. The van der Waals surface area contributed by atoms with Gasteiger partial charge in [0.05, 0.1) is 0 Å². The van der Waals surface area contributed by atoms with E-state index in [1.54, 1.807) is 0 Å². The van der Waals surface area contributed by atoms with Crippen LogP contribution in [0, 0.1) is 13.8 Å². The van der Waals surface area contributed by atoms with Gasteiger partial charge in [0, 0.05) is 28.0 Å². The van der Waals surface area contributed by atoms with Crippen LogP contribution in [0.2, 0.25) is 0 Å². The van der Waals surface area contributed by atoms with Crippen molar-refractivity contribution in [2.75, 3.05) is 18.6 Å². The number of hydrogen-bond donors (Lipinski definition) is 1. The Morgan fingerprint density at radius 1 is 1.15 bits per heavy atom. The van der Waals surface area contributed by atoms with Gasteiger partial charge in [-0.1, -0.05) is 36.2 Å². The fraction of sp³-hybridized carbons (Fsp3) is 0.647. The van der Waals surface area contributed by atoms with Crippen LogP contribution in [0.4, 0.5) is 0 Å². The van der Waals surface area contributed by atoms with Gasteiger partial charge in [0.2, 0.25) is 0 Å². The standard InChI is InChI=1S/C17H27NS2/c1-5-16-17(20-7-6-19-16)15(18-4)11-14-9-12(2)8-13(3)10-14/h8-10,15-18H,5-7,11H2,1-4H3. The Hall–Kier alpha value is -0.120. The first kappa shape index (κ1) is 16.3. The SMILES string of the molecule is CCC1SCCSC1C(Cc1cc(C)cc(C)c1)NC. The summed E-state index contributed by atoms with van der Waals surface area (Å²) < 4.78 is 0. The van der Waals surface area contributed by atoms with Crippen molar-refractivity contribution < 1.29 is 0 Å². The molecule has 1 N–H and O–H groups in total. The predicted molar refractivity (Wildman–Crippen MR) is 95.3 cm³/mol. The summed E-state index contributed by atoms with van der Waals surface area (Å²) in [5.41, 5.74) is 4.24. The molecule has 3 heteroatoms. The minimum absolute atomic E-state index is 0.582. The van der Waals surface area contributed by atoms with E-state index in [1.807, 2.05) is 0 Å². The van der Waals surface area contributed by atoms with Crippen LogP contribution in [0.15, 0.2) is 18.2 Å². The number of nitrogens with one attached hydrogen (secondary N) is 1. The molecule has 0 radical (unpaired) electrons. The summed E-state index contributed by atoms with van der Waals surface area (Å²) >= 11 is 4.34. The van der Waals surface area contributed by atoms with E-state index < -0.39 is 0 Å². The molecule has 1 aliphatic heterocycles. The molecule has 1 aromatic rings. The lowest BCUT2D eigenvalue weighted by Crippen LogP contribution is -2.45. The highest BCUT2D eigenvalue weighted by molar-refractivity contribution is 8.07. The molecule has 1 heterocycles. The predicted octanol–water partition coefficient (Wildman–Crippen LogP) is 4.06. The molecule has 1 aromatic carbocycles. The molecule has 2 rings (SSSR count). The molecule has 1 saturated heterocycles. The average Bonchev–Trinajstić information content (AvgIpc) is 2.43. The second-order valence-electron chi connectivity index (χ2n) is 5.75. The minimum Gasteiger partial charge on any atom is -0.316 e. The van der Waals surface area contributed by atoms with Crippen LogP contribution in [0.5, 0.6) is 0 Å². The lowest BCUT2D eigenvalue weighted by atomic mass is 9.97. The first-order valence-corrected chi connectivity index (χ1v) is 9.71. The lowest BCUT2D eigenvalue weighted by molar-refractivity contribution is 0.517. The van der Waals surface area contributed by atoms with Crippen molar-refractivity contribution in [1.82, 2.24) is 5.32 Å². The van der Waals surface area contributed by atoms with Gasteiger partial charge in [-0.3, -0.25) is 0 Å². The second kappa shape index (κ2) is 7.77. The summed E-state index contributed by atoms with van der Waals surface area (Å²) in [5, 5.41) is 5.13. The molecule has 112 valence electrons.